The van der Waals surface area contributed by atoms with E-state index >= 15 is 0 Å². The molecule has 2 aromatic heterocycles. The molecule has 5 nitrogen and oxygen atoms in total. The summed E-state index contributed by atoms with van der Waals surface area (Å²) < 4.78 is 40.6. The van der Waals surface area contributed by atoms with Crippen molar-refractivity contribution >= 4 is 23.7 Å². The third kappa shape index (κ3) is 5.07. The van der Waals surface area contributed by atoms with Gasteiger partial charge in [0.1, 0.15) is 5.65 Å². The molecule has 0 radical (unpaired) electrons. The lowest BCUT2D eigenvalue weighted by Crippen LogP contribution is -2.22. The highest BCUT2D eigenvalue weighted by Crippen LogP contribution is 2.30. The first-order valence-electron chi connectivity index (χ1n) is 10.6. The maximum atomic E-state index is 13.3. The van der Waals surface area contributed by atoms with E-state index in [4.69, 9.17) is 0 Å². The van der Waals surface area contributed by atoms with Crippen LogP contribution >= 0.6 is 12.4 Å². The second-order valence-corrected chi connectivity index (χ2v) is 7.89. The molecule has 0 bridgehead atoms. The number of rotatable bonds is 6. The number of alkyl halides is 3. The summed E-state index contributed by atoms with van der Waals surface area (Å²) in [6.45, 7) is 3.93. The zero-order valence-electron chi connectivity index (χ0n) is 17.7. The van der Waals surface area contributed by atoms with Crippen LogP contribution in [0.15, 0.2) is 47.4 Å². The van der Waals surface area contributed by atoms with Gasteiger partial charge in [0, 0.05) is 24.5 Å². The molecule has 1 aliphatic heterocycles. The SMILES string of the molecule is CCCCc1nc2cc(C(F)(F)F)ccn2c(=O)c1-c1ccc(N[C@@H]2CCNC2)cc1.Cl. The number of hydrogen-bond donors (Lipinski definition) is 2. The van der Waals surface area contributed by atoms with Crippen LogP contribution in [0.2, 0.25) is 0 Å². The predicted molar refractivity (Wildman–Crippen MR) is 123 cm³/mol. The van der Waals surface area contributed by atoms with Crippen molar-refractivity contribution in [2.24, 2.45) is 0 Å². The van der Waals surface area contributed by atoms with Gasteiger partial charge in [0.25, 0.3) is 5.56 Å². The van der Waals surface area contributed by atoms with E-state index in [1.807, 2.05) is 31.2 Å². The minimum Gasteiger partial charge on any atom is -0.381 e. The fourth-order valence-corrected chi connectivity index (χ4v) is 3.92. The van der Waals surface area contributed by atoms with Crippen molar-refractivity contribution < 1.29 is 13.2 Å². The van der Waals surface area contributed by atoms with E-state index < -0.39 is 11.7 Å². The number of benzene rings is 1. The summed E-state index contributed by atoms with van der Waals surface area (Å²) in [6.07, 6.45) is -0.0619. The summed E-state index contributed by atoms with van der Waals surface area (Å²) in [5.41, 5.74) is 1.51. The Bertz CT molecular complexity index is 1120. The van der Waals surface area contributed by atoms with Crippen molar-refractivity contribution in [2.45, 2.75) is 44.8 Å². The number of nitrogens with one attached hydrogen (secondary N) is 2. The molecule has 3 aromatic rings. The summed E-state index contributed by atoms with van der Waals surface area (Å²) in [5.74, 6) is 0. The van der Waals surface area contributed by atoms with E-state index in [2.05, 4.69) is 15.6 Å². The van der Waals surface area contributed by atoms with Gasteiger partial charge in [-0.1, -0.05) is 25.5 Å². The Morgan fingerprint density at radius 1 is 1.22 bits per heavy atom. The van der Waals surface area contributed by atoms with Crippen molar-refractivity contribution in [3.63, 3.8) is 0 Å². The minimum atomic E-state index is -4.49. The lowest BCUT2D eigenvalue weighted by atomic mass is 10.0. The van der Waals surface area contributed by atoms with Gasteiger partial charge in [-0.25, -0.2) is 4.98 Å². The van der Waals surface area contributed by atoms with Gasteiger partial charge >= 0.3 is 6.18 Å². The van der Waals surface area contributed by atoms with Gasteiger partial charge in [-0.05, 0) is 55.6 Å². The molecule has 1 aliphatic rings. The third-order valence-corrected chi connectivity index (χ3v) is 5.60. The van der Waals surface area contributed by atoms with Crippen molar-refractivity contribution in [3.05, 3.63) is 64.2 Å². The first kappa shape index (κ1) is 24.1. The fourth-order valence-electron chi connectivity index (χ4n) is 3.92. The minimum absolute atomic E-state index is 0. The van der Waals surface area contributed by atoms with E-state index in [1.54, 1.807) is 0 Å². The number of anilines is 1. The van der Waals surface area contributed by atoms with Crippen LogP contribution in [0, 0.1) is 0 Å². The topological polar surface area (TPSA) is 58.4 Å². The number of nitrogens with zero attached hydrogens (tertiary/aromatic N) is 2. The highest BCUT2D eigenvalue weighted by molar-refractivity contribution is 5.85. The number of unbranched alkanes of at least 4 members (excludes halogenated alkanes) is 1. The van der Waals surface area contributed by atoms with E-state index in [0.717, 1.165) is 56.4 Å². The first-order chi connectivity index (χ1) is 14.9. The van der Waals surface area contributed by atoms with E-state index in [9.17, 15) is 18.0 Å². The summed E-state index contributed by atoms with van der Waals surface area (Å²) in [7, 11) is 0. The van der Waals surface area contributed by atoms with Gasteiger partial charge in [-0.3, -0.25) is 9.20 Å². The Hall–Kier alpha value is -2.58. The Balaban J connectivity index is 0.00000289. The molecule has 1 atom stereocenters. The molecule has 2 N–H and O–H groups in total. The molecule has 4 rings (SSSR count). The number of aromatic nitrogens is 2. The second kappa shape index (κ2) is 9.92. The fraction of sp³-hybridized carbons (Fsp3) is 0.391. The molecule has 0 unspecified atom stereocenters. The number of pyridine rings is 1. The van der Waals surface area contributed by atoms with Crippen LogP contribution in [0.4, 0.5) is 18.9 Å². The molecule has 172 valence electrons. The van der Waals surface area contributed by atoms with Crippen LogP contribution in [0.25, 0.3) is 16.8 Å². The van der Waals surface area contributed by atoms with Crippen molar-refractivity contribution in [2.75, 3.05) is 18.4 Å². The predicted octanol–water partition coefficient (Wildman–Crippen LogP) is 4.92. The average molecular weight is 467 g/mol. The van der Waals surface area contributed by atoms with Crippen molar-refractivity contribution in [1.82, 2.24) is 14.7 Å². The van der Waals surface area contributed by atoms with Crippen LogP contribution < -0.4 is 16.2 Å². The van der Waals surface area contributed by atoms with Crippen LogP contribution in [0.1, 0.15) is 37.4 Å². The summed E-state index contributed by atoms with van der Waals surface area (Å²) in [5, 5.41) is 6.77. The molecule has 1 aromatic carbocycles. The molecule has 0 spiro atoms. The zero-order chi connectivity index (χ0) is 22.0. The number of fused-ring (bicyclic) bond motifs is 1. The zero-order valence-corrected chi connectivity index (χ0v) is 18.5. The highest BCUT2D eigenvalue weighted by Gasteiger charge is 2.31. The molecule has 0 saturated carbocycles. The standard InChI is InChI=1S/C23H25F3N4O.ClH/c1-2-3-4-19-21(15-5-7-17(8-6-15)28-18-9-11-27-14-18)22(31)30-12-10-16(23(24,25)26)13-20(30)29-19;/h5-8,10,12-13,18,27-28H,2-4,9,11,14H2,1H3;1H/t18-;/m1./s1. The molecule has 9 heteroatoms. The number of aryl methyl sites for hydroxylation is 1. The summed E-state index contributed by atoms with van der Waals surface area (Å²) >= 11 is 0. The molecular weight excluding hydrogens is 441 g/mol. The van der Waals surface area contributed by atoms with E-state index in [0.29, 0.717) is 29.3 Å². The Labute approximate surface area is 190 Å². The van der Waals surface area contributed by atoms with Gasteiger partial charge < -0.3 is 10.6 Å². The maximum Gasteiger partial charge on any atom is 0.416 e. The quantitative estimate of drug-likeness (QED) is 0.541. The van der Waals surface area contributed by atoms with Gasteiger partial charge in [0.2, 0.25) is 0 Å². The van der Waals surface area contributed by atoms with Crippen LogP contribution in [-0.2, 0) is 12.6 Å². The third-order valence-electron chi connectivity index (χ3n) is 5.60. The Morgan fingerprint density at radius 3 is 2.59 bits per heavy atom. The van der Waals surface area contributed by atoms with Crippen molar-refractivity contribution in [3.8, 4) is 11.1 Å². The molecule has 0 aliphatic carbocycles. The smallest absolute Gasteiger partial charge is 0.381 e. The van der Waals surface area contributed by atoms with E-state index in [1.165, 1.54) is 4.40 Å². The number of halogens is 4. The van der Waals surface area contributed by atoms with E-state index in [-0.39, 0.29) is 23.6 Å². The lowest BCUT2D eigenvalue weighted by molar-refractivity contribution is -0.137. The Kier molecular flexibility index (Phi) is 7.46. The molecule has 32 heavy (non-hydrogen) atoms. The summed E-state index contributed by atoms with van der Waals surface area (Å²) in [4.78, 5) is 17.7. The Morgan fingerprint density at radius 2 is 1.97 bits per heavy atom. The maximum absolute atomic E-state index is 13.3. The first-order valence-corrected chi connectivity index (χ1v) is 10.6. The monoisotopic (exact) mass is 466 g/mol. The van der Waals surface area contributed by atoms with Gasteiger partial charge in [0.05, 0.1) is 16.8 Å². The van der Waals surface area contributed by atoms with Crippen LogP contribution in [-0.4, -0.2) is 28.5 Å². The normalized spacial score (nSPS) is 16.2. The largest absolute Gasteiger partial charge is 0.416 e. The average Bonchev–Trinajstić information content (AvgIpc) is 3.25. The summed E-state index contributed by atoms with van der Waals surface area (Å²) in [6, 6.07) is 9.82. The highest BCUT2D eigenvalue weighted by atomic mass is 35.5. The molecule has 0 amide bonds. The molecule has 1 saturated heterocycles. The van der Waals surface area contributed by atoms with Crippen LogP contribution in [0.5, 0.6) is 0 Å². The van der Waals surface area contributed by atoms with Gasteiger partial charge in [-0.2, -0.15) is 13.2 Å². The van der Waals surface area contributed by atoms with Gasteiger partial charge in [0.15, 0.2) is 0 Å². The molecule has 1 fully saturated rings. The molecule has 3 heterocycles. The van der Waals surface area contributed by atoms with Crippen LogP contribution in [0.3, 0.4) is 0 Å². The number of hydrogen-bond acceptors (Lipinski definition) is 4. The van der Waals surface area contributed by atoms with Gasteiger partial charge in [-0.15, -0.1) is 12.4 Å². The molecular formula is C23H26ClF3N4O. The second-order valence-electron chi connectivity index (χ2n) is 7.89. The van der Waals surface area contributed by atoms with Crippen molar-refractivity contribution in [1.29, 1.82) is 0 Å². The lowest BCUT2D eigenvalue weighted by Gasteiger charge is -2.15.